The molecule has 0 rings (SSSR count). The van der Waals surface area contributed by atoms with Crippen LogP contribution in [0.2, 0.25) is 0 Å². The van der Waals surface area contributed by atoms with E-state index in [4.69, 9.17) is 5.73 Å². The molecule has 0 aromatic carbocycles. The van der Waals surface area contributed by atoms with E-state index in [2.05, 4.69) is 13.8 Å². The molecular weight excluding hydrogens is 142 g/mol. The zero-order valence-corrected chi connectivity index (χ0v) is 7.91. The minimum absolute atomic E-state index is 0.790. The second-order valence-electron chi connectivity index (χ2n) is 2.77. The second kappa shape index (κ2) is 7.42. The van der Waals surface area contributed by atoms with Gasteiger partial charge in [0.15, 0.2) is 0 Å². The van der Waals surface area contributed by atoms with Gasteiger partial charge >= 0.3 is 0 Å². The molecule has 0 aromatic rings. The highest BCUT2D eigenvalue weighted by Gasteiger charge is 1.92. The van der Waals surface area contributed by atoms with Crippen LogP contribution in [-0.2, 0) is 0 Å². The van der Waals surface area contributed by atoms with Crippen LogP contribution in [-0.4, -0.2) is 17.5 Å². The molecule has 0 unspecified atom stereocenters. The number of hydrogen-bond donors (Lipinski definition) is 1. The Hall–Kier alpha value is 0.310. The molecule has 0 atom stereocenters. The second-order valence-corrected chi connectivity index (χ2v) is 4.45. The number of nitrogens with two attached hydrogens (primary N) is 1. The van der Waals surface area contributed by atoms with Crippen LogP contribution in [0.4, 0.5) is 0 Å². The van der Waals surface area contributed by atoms with Crippen LogP contribution in [0.3, 0.4) is 0 Å². The maximum Gasteiger partial charge on any atom is -0.000968 e. The predicted molar refractivity (Wildman–Crippen MR) is 50.5 cm³/mol. The SMILES string of the molecule is CC(C)SCCCCCN. The molecule has 0 aromatic heterocycles. The summed E-state index contributed by atoms with van der Waals surface area (Å²) >= 11 is 2.04. The summed E-state index contributed by atoms with van der Waals surface area (Å²) in [7, 11) is 0. The van der Waals surface area contributed by atoms with Crippen LogP contribution in [0.25, 0.3) is 0 Å². The molecule has 0 saturated heterocycles. The van der Waals surface area contributed by atoms with Gasteiger partial charge in [0.05, 0.1) is 0 Å². The lowest BCUT2D eigenvalue weighted by molar-refractivity contribution is 0.732. The molecule has 0 fully saturated rings. The van der Waals surface area contributed by atoms with Crippen LogP contribution in [0.1, 0.15) is 33.1 Å². The van der Waals surface area contributed by atoms with Crippen LogP contribution in [0.5, 0.6) is 0 Å². The van der Waals surface area contributed by atoms with Gasteiger partial charge in [-0.2, -0.15) is 11.8 Å². The molecule has 0 aliphatic heterocycles. The van der Waals surface area contributed by atoms with E-state index in [0.29, 0.717) is 0 Å². The quantitative estimate of drug-likeness (QED) is 0.605. The van der Waals surface area contributed by atoms with Crippen LogP contribution >= 0.6 is 11.8 Å². The van der Waals surface area contributed by atoms with Crippen molar-refractivity contribution in [3.05, 3.63) is 0 Å². The van der Waals surface area contributed by atoms with Crippen molar-refractivity contribution < 1.29 is 0 Å². The van der Waals surface area contributed by atoms with Gasteiger partial charge in [0.25, 0.3) is 0 Å². The first kappa shape index (κ1) is 10.3. The summed E-state index contributed by atoms with van der Waals surface area (Å²) in [6.45, 7) is 5.34. The standard InChI is InChI=1S/C8H19NS/c1-8(2)10-7-5-3-4-6-9/h8H,3-7,9H2,1-2H3. The van der Waals surface area contributed by atoms with Gasteiger partial charge in [-0.25, -0.2) is 0 Å². The fourth-order valence-corrected chi connectivity index (χ4v) is 1.58. The Kier molecular flexibility index (Phi) is 7.65. The summed E-state index contributed by atoms with van der Waals surface area (Å²) in [5, 5.41) is 0.790. The average molecular weight is 161 g/mol. The highest BCUT2D eigenvalue weighted by Crippen LogP contribution is 2.11. The van der Waals surface area contributed by atoms with E-state index in [1.165, 1.54) is 25.0 Å². The highest BCUT2D eigenvalue weighted by molar-refractivity contribution is 7.99. The summed E-state index contributed by atoms with van der Waals surface area (Å²) < 4.78 is 0. The highest BCUT2D eigenvalue weighted by atomic mass is 32.2. The van der Waals surface area contributed by atoms with Gasteiger partial charge in [-0.05, 0) is 30.4 Å². The van der Waals surface area contributed by atoms with Crippen molar-refractivity contribution in [1.82, 2.24) is 0 Å². The molecule has 0 heterocycles. The molecule has 2 heteroatoms. The van der Waals surface area contributed by atoms with E-state index < -0.39 is 0 Å². The minimum Gasteiger partial charge on any atom is -0.330 e. The molecule has 1 nitrogen and oxygen atoms in total. The Morgan fingerprint density at radius 3 is 2.40 bits per heavy atom. The fraction of sp³-hybridized carbons (Fsp3) is 1.00. The molecule has 0 spiro atoms. The molecule has 0 bridgehead atoms. The van der Waals surface area contributed by atoms with Crippen molar-refractivity contribution in [2.24, 2.45) is 5.73 Å². The summed E-state index contributed by atoms with van der Waals surface area (Å²) in [5.74, 6) is 1.30. The lowest BCUT2D eigenvalue weighted by atomic mass is 10.2. The van der Waals surface area contributed by atoms with E-state index in [9.17, 15) is 0 Å². The zero-order chi connectivity index (χ0) is 7.82. The third kappa shape index (κ3) is 8.31. The van der Waals surface area contributed by atoms with E-state index in [1.807, 2.05) is 11.8 Å². The number of rotatable bonds is 6. The van der Waals surface area contributed by atoms with E-state index in [-0.39, 0.29) is 0 Å². The molecule has 0 saturated carbocycles. The Morgan fingerprint density at radius 2 is 1.90 bits per heavy atom. The third-order valence-corrected chi connectivity index (χ3v) is 2.49. The summed E-state index contributed by atoms with van der Waals surface area (Å²) in [4.78, 5) is 0. The van der Waals surface area contributed by atoms with E-state index in [0.717, 1.165) is 11.8 Å². The number of unbranched alkanes of at least 4 members (excludes halogenated alkanes) is 2. The summed E-state index contributed by atoms with van der Waals surface area (Å²) in [5.41, 5.74) is 5.36. The van der Waals surface area contributed by atoms with Gasteiger partial charge in [-0.3, -0.25) is 0 Å². The average Bonchev–Trinajstić information content (AvgIpc) is 1.87. The lowest BCUT2D eigenvalue weighted by Crippen LogP contribution is -1.98. The normalized spacial score (nSPS) is 10.8. The van der Waals surface area contributed by atoms with Crippen molar-refractivity contribution in [3.8, 4) is 0 Å². The summed E-state index contributed by atoms with van der Waals surface area (Å²) in [6, 6.07) is 0. The molecule has 2 N–H and O–H groups in total. The van der Waals surface area contributed by atoms with Crippen LogP contribution in [0.15, 0.2) is 0 Å². The fourth-order valence-electron chi connectivity index (χ4n) is 0.742. The van der Waals surface area contributed by atoms with Gasteiger partial charge < -0.3 is 5.73 Å². The Morgan fingerprint density at radius 1 is 1.20 bits per heavy atom. The smallest absolute Gasteiger partial charge is 0.000968 e. The molecule has 0 aliphatic rings. The van der Waals surface area contributed by atoms with Crippen molar-refractivity contribution in [1.29, 1.82) is 0 Å². The Labute approximate surface area is 68.8 Å². The first-order valence-corrected chi connectivity index (χ1v) is 5.14. The van der Waals surface area contributed by atoms with Crippen molar-refractivity contribution in [2.45, 2.75) is 38.4 Å². The first-order valence-electron chi connectivity index (χ1n) is 4.09. The molecule has 62 valence electrons. The number of thioether (sulfide) groups is 1. The minimum atomic E-state index is 0.790. The first-order chi connectivity index (χ1) is 4.77. The molecule has 0 radical (unpaired) electrons. The number of hydrogen-bond acceptors (Lipinski definition) is 2. The molecular formula is C8H19NS. The Balaban J connectivity index is 2.77. The van der Waals surface area contributed by atoms with Gasteiger partial charge in [0.1, 0.15) is 0 Å². The monoisotopic (exact) mass is 161 g/mol. The van der Waals surface area contributed by atoms with Crippen molar-refractivity contribution in [3.63, 3.8) is 0 Å². The van der Waals surface area contributed by atoms with Gasteiger partial charge in [-0.1, -0.05) is 20.3 Å². The van der Waals surface area contributed by atoms with E-state index >= 15 is 0 Å². The van der Waals surface area contributed by atoms with Crippen molar-refractivity contribution in [2.75, 3.05) is 12.3 Å². The summed E-state index contributed by atoms with van der Waals surface area (Å²) in [6.07, 6.45) is 3.83. The third-order valence-electron chi connectivity index (χ3n) is 1.30. The molecule has 0 amide bonds. The molecule has 0 aliphatic carbocycles. The van der Waals surface area contributed by atoms with Crippen molar-refractivity contribution >= 4 is 11.8 Å². The van der Waals surface area contributed by atoms with Gasteiger partial charge in [0, 0.05) is 0 Å². The zero-order valence-electron chi connectivity index (χ0n) is 7.10. The van der Waals surface area contributed by atoms with Gasteiger partial charge in [0.2, 0.25) is 0 Å². The van der Waals surface area contributed by atoms with E-state index in [1.54, 1.807) is 0 Å². The molecule has 10 heavy (non-hydrogen) atoms. The van der Waals surface area contributed by atoms with Crippen LogP contribution in [0, 0.1) is 0 Å². The largest absolute Gasteiger partial charge is 0.330 e. The van der Waals surface area contributed by atoms with Crippen LogP contribution < -0.4 is 5.73 Å². The topological polar surface area (TPSA) is 26.0 Å². The maximum atomic E-state index is 5.36. The Bertz CT molecular complexity index is 64.3. The van der Waals surface area contributed by atoms with Gasteiger partial charge in [-0.15, -0.1) is 0 Å². The predicted octanol–water partition coefficient (Wildman–Crippen LogP) is 2.26. The lowest BCUT2D eigenvalue weighted by Gasteiger charge is -2.02. The maximum absolute atomic E-state index is 5.36.